The molecule has 4 N–H and O–H groups in total. The number of benzene rings is 2. The third kappa shape index (κ3) is 4.00. The lowest BCUT2D eigenvalue weighted by Crippen LogP contribution is -2.60. The van der Waals surface area contributed by atoms with E-state index in [1.807, 2.05) is 0 Å². The number of esters is 1. The minimum Gasteiger partial charge on any atom is -0.479 e. The number of aliphatic hydroxyl groups excluding tert-OH is 3. The first-order valence-corrected chi connectivity index (χ1v) is 9.96. The molecule has 2 heterocycles. The van der Waals surface area contributed by atoms with E-state index in [0.29, 0.717) is 11.1 Å². The Labute approximate surface area is 186 Å². The van der Waals surface area contributed by atoms with E-state index >= 15 is 0 Å². The molecule has 4 rings (SSSR count). The summed E-state index contributed by atoms with van der Waals surface area (Å²) in [6, 6.07) is 13.0. The zero-order chi connectivity index (χ0) is 23.9. The van der Waals surface area contributed by atoms with Gasteiger partial charge in [-0.05, 0) is 19.1 Å². The normalized spacial score (nSPS) is 25.0. The lowest BCUT2D eigenvalue weighted by atomic mass is 9.99. The fraction of sp³-hybridized carbons (Fsp3) is 0.261. The molecule has 0 radical (unpaired) electrons. The zero-order valence-corrected chi connectivity index (χ0v) is 17.2. The number of aliphatic carboxylic acids is 1. The maximum atomic E-state index is 12.9. The zero-order valence-electron chi connectivity index (χ0n) is 17.2. The smallest absolute Gasteiger partial charge is 0.344 e. The SMILES string of the molecule is Cc1c(-c2ccccc2)oc2c(C(=O)O[C@@H]3O[C@H](C(=O)O)[C@@H](O)[C@H](O)[C@@H]3O)cccc2c1=O. The fourth-order valence-electron chi connectivity index (χ4n) is 3.65. The van der Waals surface area contributed by atoms with Crippen molar-refractivity contribution in [2.45, 2.75) is 37.6 Å². The molecular weight excluding hydrogens is 436 g/mol. The number of carbonyl (C=O) groups excluding carboxylic acids is 1. The van der Waals surface area contributed by atoms with Gasteiger partial charge in [0, 0.05) is 11.1 Å². The summed E-state index contributed by atoms with van der Waals surface area (Å²) in [5.41, 5.74) is 0.349. The Hall–Kier alpha value is -3.57. The van der Waals surface area contributed by atoms with Gasteiger partial charge in [-0.15, -0.1) is 0 Å². The van der Waals surface area contributed by atoms with Gasteiger partial charge in [0.2, 0.25) is 6.29 Å². The molecule has 1 aliphatic heterocycles. The maximum absolute atomic E-state index is 12.9. The van der Waals surface area contributed by atoms with Gasteiger partial charge in [-0.2, -0.15) is 0 Å². The first-order valence-electron chi connectivity index (χ1n) is 9.96. The molecule has 0 amide bonds. The molecule has 172 valence electrons. The number of carboxylic acid groups (broad SMARTS) is 1. The molecule has 1 aromatic heterocycles. The van der Waals surface area contributed by atoms with Crippen molar-refractivity contribution in [3.63, 3.8) is 0 Å². The van der Waals surface area contributed by atoms with E-state index in [0.717, 1.165) is 0 Å². The quantitative estimate of drug-likeness (QED) is 0.413. The van der Waals surface area contributed by atoms with Crippen LogP contribution in [-0.4, -0.2) is 63.1 Å². The van der Waals surface area contributed by atoms with E-state index < -0.39 is 42.6 Å². The van der Waals surface area contributed by atoms with Crippen molar-refractivity contribution in [2.75, 3.05) is 0 Å². The highest BCUT2D eigenvalue weighted by Gasteiger charge is 2.48. The van der Waals surface area contributed by atoms with Crippen molar-refractivity contribution in [3.05, 3.63) is 69.9 Å². The number of hydrogen-bond acceptors (Lipinski definition) is 9. The first kappa shape index (κ1) is 22.6. The largest absolute Gasteiger partial charge is 0.479 e. The Morgan fingerprint density at radius 3 is 2.30 bits per heavy atom. The first-order chi connectivity index (χ1) is 15.7. The highest BCUT2D eigenvalue weighted by atomic mass is 16.7. The molecule has 1 saturated heterocycles. The second-order valence-corrected chi connectivity index (χ2v) is 7.57. The molecule has 10 heteroatoms. The second-order valence-electron chi connectivity index (χ2n) is 7.57. The van der Waals surface area contributed by atoms with Crippen LogP contribution in [0.1, 0.15) is 15.9 Å². The van der Waals surface area contributed by atoms with Gasteiger partial charge in [-0.3, -0.25) is 4.79 Å². The summed E-state index contributed by atoms with van der Waals surface area (Å²) in [7, 11) is 0. The summed E-state index contributed by atoms with van der Waals surface area (Å²) in [6.45, 7) is 1.60. The average Bonchev–Trinajstić information content (AvgIpc) is 2.81. The minimum absolute atomic E-state index is 0.0716. The molecule has 3 aromatic rings. The van der Waals surface area contributed by atoms with Crippen LogP contribution in [0.5, 0.6) is 0 Å². The summed E-state index contributed by atoms with van der Waals surface area (Å²) in [4.78, 5) is 37.1. The Morgan fingerprint density at radius 2 is 1.64 bits per heavy atom. The minimum atomic E-state index is -1.93. The number of carbonyl (C=O) groups is 2. The number of hydrogen-bond donors (Lipinski definition) is 4. The van der Waals surface area contributed by atoms with Crippen LogP contribution >= 0.6 is 0 Å². The van der Waals surface area contributed by atoms with Crippen molar-refractivity contribution < 1.29 is 43.9 Å². The summed E-state index contributed by atoms with van der Waals surface area (Å²) in [5.74, 6) is -2.45. The van der Waals surface area contributed by atoms with Crippen LogP contribution in [0.3, 0.4) is 0 Å². The van der Waals surface area contributed by atoms with Gasteiger partial charge in [0.25, 0.3) is 0 Å². The van der Waals surface area contributed by atoms with Crippen LogP contribution in [0.2, 0.25) is 0 Å². The molecule has 0 saturated carbocycles. The van der Waals surface area contributed by atoms with Crippen LogP contribution in [-0.2, 0) is 14.3 Å². The van der Waals surface area contributed by atoms with Gasteiger partial charge >= 0.3 is 11.9 Å². The molecular formula is C23H20O10. The van der Waals surface area contributed by atoms with Crippen molar-refractivity contribution in [1.29, 1.82) is 0 Å². The predicted octanol–water partition coefficient (Wildman–Crippen LogP) is 0.817. The molecule has 0 unspecified atom stereocenters. The van der Waals surface area contributed by atoms with Gasteiger partial charge in [0.15, 0.2) is 17.1 Å². The van der Waals surface area contributed by atoms with Crippen molar-refractivity contribution in [3.8, 4) is 11.3 Å². The molecule has 0 bridgehead atoms. The monoisotopic (exact) mass is 456 g/mol. The number of carboxylic acids is 1. The molecule has 0 spiro atoms. The topological polar surface area (TPSA) is 164 Å². The number of fused-ring (bicyclic) bond motifs is 1. The average molecular weight is 456 g/mol. The molecule has 5 atom stereocenters. The van der Waals surface area contributed by atoms with Crippen LogP contribution in [0.25, 0.3) is 22.3 Å². The summed E-state index contributed by atoms with van der Waals surface area (Å²) in [6.07, 6.45) is -9.60. The van der Waals surface area contributed by atoms with Crippen LogP contribution < -0.4 is 5.43 Å². The maximum Gasteiger partial charge on any atom is 0.344 e. The van der Waals surface area contributed by atoms with E-state index in [-0.39, 0.29) is 27.7 Å². The van der Waals surface area contributed by atoms with Crippen LogP contribution in [0.4, 0.5) is 0 Å². The van der Waals surface area contributed by atoms with Crippen molar-refractivity contribution in [1.82, 2.24) is 0 Å². The summed E-state index contributed by atoms with van der Waals surface area (Å²) >= 11 is 0. The predicted molar refractivity (Wildman–Crippen MR) is 112 cm³/mol. The van der Waals surface area contributed by atoms with Crippen LogP contribution in [0.15, 0.2) is 57.7 Å². The Morgan fingerprint density at radius 1 is 0.939 bits per heavy atom. The standard InChI is InChI=1S/C23H20O10/c1-10-14(24)12-8-5-9-13(19(12)31-18(10)11-6-3-2-4-7-11)22(30)33-23-17(27)15(25)16(26)20(32-23)21(28)29/h2-9,15-17,20,23,25-27H,1H3,(H,28,29)/t15-,16-,17-,20-,23-/m0/s1. The van der Waals surface area contributed by atoms with Crippen LogP contribution in [0, 0.1) is 6.92 Å². The van der Waals surface area contributed by atoms with E-state index in [1.165, 1.54) is 18.2 Å². The third-order valence-electron chi connectivity index (χ3n) is 5.44. The Bertz CT molecular complexity index is 1270. The van der Waals surface area contributed by atoms with Gasteiger partial charge in [0.05, 0.1) is 5.39 Å². The second kappa shape index (κ2) is 8.75. The number of ether oxygens (including phenoxy) is 2. The van der Waals surface area contributed by atoms with Crippen molar-refractivity contribution in [2.24, 2.45) is 0 Å². The lowest BCUT2D eigenvalue weighted by Gasteiger charge is -2.37. The molecule has 0 aliphatic carbocycles. The lowest BCUT2D eigenvalue weighted by molar-refractivity contribution is -0.278. The van der Waals surface area contributed by atoms with Gasteiger partial charge in [-0.1, -0.05) is 36.4 Å². The number of para-hydroxylation sites is 1. The molecule has 1 fully saturated rings. The fourth-order valence-corrected chi connectivity index (χ4v) is 3.65. The molecule has 2 aromatic carbocycles. The third-order valence-corrected chi connectivity index (χ3v) is 5.44. The molecule has 10 nitrogen and oxygen atoms in total. The highest BCUT2D eigenvalue weighted by Crippen LogP contribution is 2.29. The van der Waals surface area contributed by atoms with Gasteiger partial charge < -0.3 is 34.3 Å². The van der Waals surface area contributed by atoms with Gasteiger partial charge in [0.1, 0.15) is 29.6 Å². The molecule has 33 heavy (non-hydrogen) atoms. The van der Waals surface area contributed by atoms with E-state index in [9.17, 15) is 29.7 Å². The summed E-state index contributed by atoms with van der Waals surface area (Å²) < 4.78 is 16.0. The number of rotatable bonds is 4. The Kier molecular flexibility index (Phi) is 6.00. The number of aliphatic hydroxyl groups is 3. The highest BCUT2D eigenvalue weighted by molar-refractivity contribution is 6.02. The summed E-state index contributed by atoms with van der Waals surface area (Å²) in [5, 5.41) is 39.1. The molecule has 1 aliphatic rings. The van der Waals surface area contributed by atoms with E-state index in [1.54, 1.807) is 37.3 Å². The van der Waals surface area contributed by atoms with E-state index in [4.69, 9.17) is 19.0 Å². The Balaban J connectivity index is 1.74. The van der Waals surface area contributed by atoms with E-state index in [2.05, 4.69) is 0 Å². The van der Waals surface area contributed by atoms with Crippen molar-refractivity contribution >= 4 is 22.9 Å². The van der Waals surface area contributed by atoms with Gasteiger partial charge in [-0.25, -0.2) is 9.59 Å².